The molecule has 0 aliphatic rings. The fraction of sp³-hybridized carbons (Fsp3) is 0.158. The maximum Gasteiger partial charge on any atom is 0.348 e. The second-order valence-corrected chi connectivity index (χ2v) is 8.28. The van der Waals surface area contributed by atoms with Gasteiger partial charge in [-0.2, -0.15) is 4.68 Å². The number of carbonyl (C=O) groups is 1. The summed E-state index contributed by atoms with van der Waals surface area (Å²) in [5.41, 5.74) is 0.799. The van der Waals surface area contributed by atoms with Gasteiger partial charge in [-0.1, -0.05) is 35.9 Å². The van der Waals surface area contributed by atoms with E-state index in [0.717, 1.165) is 14.6 Å². The maximum absolute atomic E-state index is 12.9. The van der Waals surface area contributed by atoms with E-state index in [0.29, 0.717) is 5.69 Å². The lowest BCUT2D eigenvalue weighted by atomic mass is 10.2. The first kappa shape index (κ1) is 19.4. The van der Waals surface area contributed by atoms with Crippen LogP contribution in [0.25, 0.3) is 0 Å². The number of benzene rings is 2. The van der Waals surface area contributed by atoms with Crippen LogP contribution in [0.15, 0.2) is 64.3 Å². The summed E-state index contributed by atoms with van der Waals surface area (Å²) in [5.74, 6) is 0. The number of nitrogens with one attached hydrogen (secondary N) is 2. The van der Waals surface area contributed by atoms with Crippen molar-refractivity contribution in [3.05, 3.63) is 76.2 Å². The Morgan fingerprint density at radius 2 is 1.64 bits per heavy atom. The number of hydrogen-bond acceptors (Lipinski definition) is 4. The number of amides is 1. The van der Waals surface area contributed by atoms with Crippen LogP contribution in [-0.4, -0.2) is 31.3 Å². The van der Waals surface area contributed by atoms with Gasteiger partial charge in [0.15, 0.2) is 0 Å². The fourth-order valence-corrected chi connectivity index (χ4v) is 3.99. The third-order valence-corrected chi connectivity index (χ3v) is 6.03. The summed E-state index contributed by atoms with van der Waals surface area (Å²) >= 11 is 0. The second-order valence-electron chi connectivity index (χ2n) is 6.31. The molecule has 0 aliphatic carbocycles. The largest absolute Gasteiger partial charge is 0.348 e. The van der Waals surface area contributed by atoms with E-state index in [2.05, 4.69) is 10.4 Å². The van der Waals surface area contributed by atoms with Gasteiger partial charge in [0, 0.05) is 12.7 Å². The van der Waals surface area contributed by atoms with Gasteiger partial charge in [0.05, 0.1) is 10.6 Å². The Labute approximate surface area is 162 Å². The van der Waals surface area contributed by atoms with Crippen LogP contribution in [0.1, 0.15) is 11.3 Å². The SMILES string of the molecule is Cc1ccc(S(=O)(=O)N(C)c2c(C)[nH]n(C(=O)Nc3ccccc3)c2=O)cc1. The van der Waals surface area contributed by atoms with Crippen LogP contribution < -0.4 is 15.2 Å². The van der Waals surface area contributed by atoms with Crippen molar-refractivity contribution in [2.45, 2.75) is 18.7 Å². The second kappa shape index (κ2) is 7.35. The fourth-order valence-electron chi connectivity index (χ4n) is 2.74. The van der Waals surface area contributed by atoms with Crippen LogP contribution in [0.5, 0.6) is 0 Å². The molecule has 0 saturated carbocycles. The molecule has 146 valence electrons. The molecular weight excluding hydrogens is 380 g/mol. The van der Waals surface area contributed by atoms with Crippen molar-refractivity contribution in [1.82, 2.24) is 9.78 Å². The normalized spacial score (nSPS) is 11.2. The van der Waals surface area contributed by atoms with Gasteiger partial charge in [-0.3, -0.25) is 14.2 Å². The number of rotatable bonds is 4. The summed E-state index contributed by atoms with van der Waals surface area (Å²) in [7, 11) is -2.67. The van der Waals surface area contributed by atoms with E-state index < -0.39 is 21.6 Å². The Kier molecular flexibility index (Phi) is 5.10. The number of hydrogen-bond donors (Lipinski definition) is 2. The summed E-state index contributed by atoms with van der Waals surface area (Å²) in [6.07, 6.45) is 0. The standard InChI is InChI=1S/C19H20N4O4S/c1-13-9-11-16(12-10-13)28(26,27)22(3)17-14(2)21-23(18(17)24)19(25)20-15-7-5-4-6-8-15/h4-12,21H,1-3H3,(H,20,25). The summed E-state index contributed by atoms with van der Waals surface area (Å²) < 4.78 is 27.4. The smallest absolute Gasteiger partial charge is 0.306 e. The number of aromatic amines is 1. The molecule has 0 unspecified atom stereocenters. The number of carbonyl (C=O) groups excluding carboxylic acids is 1. The van der Waals surface area contributed by atoms with Gasteiger partial charge in [-0.25, -0.2) is 13.2 Å². The molecule has 28 heavy (non-hydrogen) atoms. The summed E-state index contributed by atoms with van der Waals surface area (Å²) in [5, 5.41) is 5.21. The highest BCUT2D eigenvalue weighted by atomic mass is 32.2. The van der Waals surface area contributed by atoms with Crippen LogP contribution in [0.2, 0.25) is 0 Å². The molecule has 0 fully saturated rings. The van der Waals surface area contributed by atoms with E-state index in [1.54, 1.807) is 42.5 Å². The highest BCUT2D eigenvalue weighted by Gasteiger charge is 2.28. The number of H-pyrrole nitrogens is 1. The number of nitrogens with zero attached hydrogens (tertiary/aromatic N) is 2. The van der Waals surface area contributed by atoms with Crippen molar-refractivity contribution >= 4 is 27.4 Å². The molecule has 2 N–H and O–H groups in total. The number of anilines is 2. The first-order valence-electron chi connectivity index (χ1n) is 8.45. The van der Waals surface area contributed by atoms with Crippen molar-refractivity contribution in [1.29, 1.82) is 0 Å². The number of aromatic nitrogens is 2. The molecular formula is C19H20N4O4S. The van der Waals surface area contributed by atoms with Gasteiger partial charge in [0.1, 0.15) is 5.69 Å². The molecule has 0 bridgehead atoms. The summed E-state index contributed by atoms with van der Waals surface area (Å²) in [6, 6.07) is 14.2. The molecule has 0 spiro atoms. The van der Waals surface area contributed by atoms with Crippen molar-refractivity contribution in [3.63, 3.8) is 0 Å². The lowest BCUT2D eigenvalue weighted by Crippen LogP contribution is -2.34. The monoisotopic (exact) mass is 400 g/mol. The molecule has 1 aromatic heterocycles. The molecule has 3 aromatic rings. The van der Waals surface area contributed by atoms with Gasteiger partial charge in [0.25, 0.3) is 15.6 Å². The van der Waals surface area contributed by atoms with Crippen molar-refractivity contribution in [3.8, 4) is 0 Å². The average molecular weight is 400 g/mol. The first-order chi connectivity index (χ1) is 13.2. The van der Waals surface area contributed by atoms with Crippen LogP contribution >= 0.6 is 0 Å². The van der Waals surface area contributed by atoms with Crippen LogP contribution in [-0.2, 0) is 10.0 Å². The lowest BCUT2D eigenvalue weighted by molar-refractivity contribution is 0.250. The van der Waals surface area contributed by atoms with E-state index >= 15 is 0 Å². The third kappa shape index (κ3) is 3.56. The van der Waals surface area contributed by atoms with E-state index in [1.165, 1.54) is 26.1 Å². The van der Waals surface area contributed by atoms with Gasteiger partial charge < -0.3 is 5.32 Å². The van der Waals surface area contributed by atoms with Crippen molar-refractivity contribution in [2.75, 3.05) is 16.7 Å². The first-order valence-corrected chi connectivity index (χ1v) is 9.89. The molecule has 1 amide bonds. The molecule has 2 aromatic carbocycles. The molecule has 1 heterocycles. The van der Waals surface area contributed by atoms with Gasteiger partial charge in [-0.05, 0) is 38.1 Å². The minimum atomic E-state index is -3.96. The van der Waals surface area contributed by atoms with Gasteiger partial charge in [0.2, 0.25) is 0 Å². The Bertz CT molecular complexity index is 1160. The molecule has 0 saturated heterocycles. The van der Waals surface area contributed by atoms with E-state index in [1.807, 2.05) is 6.92 Å². The van der Waals surface area contributed by atoms with Crippen LogP contribution in [0.4, 0.5) is 16.2 Å². The topological polar surface area (TPSA) is 104 Å². The van der Waals surface area contributed by atoms with Crippen LogP contribution in [0.3, 0.4) is 0 Å². The predicted molar refractivity (Wildman–Crippen MR) is 107 cm³/mol. The molecule has 0 atom stereocenters. The Hall–Kier alpha value is -3.33. The third-order valence-electron chi connectivity index (χ3n) is 4.26. The minimum Gasteiger partial charge on any atom is -0.306 e. The molecule has 8 nitrogen and oxygen atoms in total. The summed E-state index contributed by atoms with van der Waals surface area (Å²) in [4.78, 5) is 25.2. The highest BCUT2D eigenvalue weighted by molar-refractivity contribution is 7.92. The molecule has 9 heteroatoms. The van der Waals surface area contributed by atoms with Crippen LogP contribution in [0, 0.1) is 13.8 Å². The van der Waals surface area contributed by atoms with Gasteiger partial charge in [-0.15, -0.1) is 0 Å². The average Bonchev–Trinajstić information content (AvgIpc) is 2.96. The quantitative estimate of drug-likeness (QED) is 0.702. The van der Waals surface area contributed by atoms with Crippen molar-refractivity contribution < 1.29 is 13.2 Å². The molecule has 0 radical (unpaired) electrons. The molecule has 3 rings (SSSR count). The Morgan fingerprint density at radius 1 is 1.04 bits per heavy atom. The maximum atomic E-state index is 12.9. The van der Waals surface area contributed by atoms with Crippen molar-refractivity contribution in [2.24, 2.45) is 0 Å². The van der Waals surface area contributed by atoms with E-state index in [9.17, 15) is 18.0 Å². The zero-order chi connectivity index (χ0) is 20.5. The number of para-hydroxylation sites is 1. The summed E-state index contributed by atoms with van der Waals surface area (Å²) in [6.45, 7) is 3.38. The van der Waals surface area contributed by atoms with E-state index in [-0.39, 0.29) is 16.3 Å². The van der Waals surface area contributed by atoms with E-state index in [4.69, 9.17) is 0 Å². The van der Waals surface area contributed by atoms with Gasteiger partial charge >= 0.3 is 6.03 Å². The Morgan fingerprint density at radius 3 is 2.25 bits per heavy atom. The highest BCUT2D eigenvalue weighted by Crippen LogP contribution is 2.22. The zero-order valence-corrected chi connectivity index (χ0v) is 16.4. The minimum absolute atomic E-state index is 0.0564. The number of sulfonamides is 1. The Balaban J connectivity index is 1.96. The predicted octanol–water partition coefficient (Wildman–Crippen LogP) is 2.70. The number of aryl methyl sites for hydroxylation is 2. The lowest BCUT2D eigenvalue weighted by Gasteiger charge is -2.18. The zero-order valence-electron chi connectivity index (χ0n) is 15.6. The molecule has 0 aliphatic heterocycles.